The largest absolute Gasteiger partial charge is 0.497 e. The van der Waals surface area contributed by atoms with E-state index in [9.17, 15) is 0 Å². The lowest BCUT2D eigenvalue weighted by Crippen LogP contribution is -2.46. The van der Waals surface area contributed by atoms with E-state index in [4.69, 9.17) is 15.9 Å². The van der Waals surface area contributed by atoms with Crippen molar-refractivity contribution in [1.29, 1.82) is 0 Å². The zero-order valence-corrected chi connectivity index (χ0v) is 7.08. The van der Waals surface area contributed by atoms with Gasteiger partial charge in [0.1, 0.15) is 5.75 Å². The number of hydrogen-bond donors (Lipinski definition) is 2. The summed E-state index contributed by atoms with van der Waals surface area (Å²) in [6, 6.07) is 7.68. The van der Waals surface area contributed by atoms with Crippen LogP contribution in [0.5, 0.6) is 5.75 Å². The fraction of sp³-hybridized carbons (Fsp3) is 0.222. The molecule has 4 N–H and O–H groups in total. The Bertz CT molecular complexity index is 284. The minimum Gasteiger partial charge on any atom is -0.497 e. The van der Waals surface area contributed by atoms with Crippen molar-refractivity contribution in [3.63, 3.8) is 0 Å². The summed E-state index contributed by atoms with van der Waals surface area (Å²) in [4.78, 5) is 0. The summed E-state index contributed by atoms with van der Waals surface area (Å²) in [6.45, 7) is 0. The Labute approximate surface area is 71.7 Å². The SMILES string of the molecule is COc1cccc(CC(N)=[NH2+])c1. The molecule has 1 aromatic carbocycles. The molecule has 0 aromatic heterocycles. The second-order valence-electron chi connectivity index (χ2n) is 2.60. The first-order valence-corrected chi connectivity index (χ1v) is 3.72. The first-order chi connectivity index (χ1) is 5.72. The Kier molecular flexibility index (Phi) is 2.69. The van der Waals surface area contributed by atoms with Gasteiger partial charge in [-0.15, -0.1) is 0 Å². The Morgan fingerprint density at radius 2 is 2.33 bits per heavy atom. The summed E-state index contributed by atoms with van der Waals surface area (Å²) in [6.07, 6.45) is 0.594. The number of benzene rings is 1. The fourth-order valence-corrected chi connectivity index (χ4v) is 1.02. The number of nitrogens with two attached hydrogens (primary N) is 2. The lowest BCUT2D eigenvalue weighted by molar-refractivity contribution is -0.117. The predicted molar refractivity (Wildman–Crippen MR) is 47.8 cm³/mol. The fourth-order valence-electron chi connectivity index (χ4n) is 1.02. The Morgan fingerprint density at radius 3 is 2.92 bits per heavy atom. The van der Waals surface area contributed by atoms with Crippen LogP contribution in [0, 0.1) is 0 Å². The van der Waals surface area contributed by atoms with Gasteiger partial charge in [-0.2, -0.15) is 0 Å². The van der Waals surface area contributed by atoms with Gasteiger partial charge in [0, 0.05) is 0 Å². The molecule has 0 aliphatic heterocycles. The Balaban J connectivity index is 2.79. The molecule has 0 spiro atoms. The molecule has 3 heteroatoms. The van der Waals surface area contributed by atoms with Crippen LogP contribution in [0.2, 0.25) is 0 Å². The van der Waals surface area contributed by atoms with Crippen LogP contribution < -0.4 is 15.9 Å². The van der Waals surface area contributed by atoms with Crippen molar-refractivity contribution < 1.29 is 10.1 Å². The minimum atomic E-state index is 0.420. The first-order valence-electron chi connectivity index (χ1n) is 3.72. The van der Waals surface area contributed by atoms with E-state index >= 15 is 0 Å². The smallest absolute Gasteiger partial charge is 0.242 e. The van der Waals surface area contributed by atoms with Crippen LogP contribution >= 0.6 is 0 Å². The summed E-state index contributed by atoms with van der Waals surface area (Å²) in [5.74, 6) is 1.25. The number of ether oxygens (including phenoxy) is 1. The summed E-state index contributed by atoms with van der Waals surface area (Å²) in [5, 5.41) is 5.37. The molecule has 0 saturated heterocycles. The van der Waals surface area contributed by atoms with Crippen LogP contribution in [-0.2, 0) is 6.42 Å². The zero-order valence-electron chi connectivity index (χ0n) is 7.08. The minimum absolute atomic E-state index is 0.420. The van der Waals surface area contributed by atoms with Gasteiger partial charge in [-0.25, -0.2) is 0 Å². The van der Waals surface area contributed by atoms with E-state index in [1.54, 1.807) is 7.11 Å². The highest BCUT2D eigenvalue weighted by atomic mass is 16.5. The lowest BCUT2D eigenvalue weighted by atomic mass is 10.1. The number of methoxy groups -OCH3 is 1. The quantitative estimate of drug-likeness (QED) is 0.462. The first kappa shape index (κ1) is 8.59. The predicted octanol–water partition coefficient (Wildman–Crippen LogP) is -0.646. The second-order valence-corrected chi connectivity index (χ2v) is 2.60. The summed E-state index contributed by atoms with van der Waals surface area (Å²) in [5.41, 5.74) is 6.43. The molecule has 12 heavy (non-hydrogen) atoms. The molecule has 0 aliphatic rings. The average Bonchev–Trinajstić information content (AvgIpc) is 2.03. The number of hydrogen-bond acceptors (Lipinski definition) is 1. The molecular formula is C9H13N2O+. The molecule has 0 unspecified atom stereocenters. The van der Waals surface area contributed by atoms with E-state index in [0.29, 0.717) is 12.3 Å². The standard InChI is InChI=1S/C9H12N2O/c1-12-8-4-2-3-7(5-8)6-9(10)11/h2-5H,6H2,1H3,(H3,10,11)/p+1. The van der Waals surface area contributed by atoms with Gasteiger partial charge in [0.25, 0.3) is 0 Å². The van der Waals surface area contributed by atoms with E-state index < -0.39 is 0 Å². The van der Waals surface area contributed by atoms with Crippen LogP contribution in [0.25, 0.3) is 0 Å². The Hall–Kier alpha value is -1.51. The van der Waals surface area contributed by atoms with E-state index in [1.165, 1.54) is 0 Å². The van der Waals surface area contributed by atoms with Gasteiger partial charge in [-0.1, -0.05) is 12.1 Å². The molecule has 64 valence electrons. The molecule has 3 nitrogen and oxygen atoms in total. The van der Waals surface area contributed by atoms with Crippen molar-refractivity contribution in [2.24, 2.45) is 5.73 Å². The van der Waals surface area contributed by atoms with Crippen molar-refractivity contribution >= 4 is 5.84 Å². The van der Waals surface area contributed by atoms with Crippen LogP contribution in [-0.4, -0.2) is 12.9 Å². The van der Waals surface area contributed by atoms with Crippen molar-refractivity contribution in [2.45, 2.75) is 6.42 Å². The van der Waals surface area contributed by atoms with Crippen LogP contribution in [0.4, 0.5) is 0 Å². The van der Waals surface area contributed by atoms with Crippen molar-refractivity contribution in [3.05, 3.63) is 29.8 Å². The molecular weight excluding hydrogens is 152 g/mol. The molecule has 0 bridgehead atoms. The van der Waals surface area contributed by atoms with Crippen molar-refractivity contribution in [3.8, 4) is 5.75 Å². The van der Waals surface area contributed by atoms with Crippen LogP contribution in [0.3, 0.4) is 0 Å². The summed E-state index contributed by atoms with van der Waals surface area (Å²) in [7, 11) is 1.63. The highest BCUT2D eigenvalue weighted by Gasteiger charge is 1.99. The van der Waals surface area contributed by atoms with E-state index in [-0.39, 0.29) is 0 Å². The molecule has 0 aliphatic carbocycles. The molecule has 0 atom stereocenters. The molecule has 1 rings (SSSR count). The van der Waals surface area contributed by atoms with Gasteiger partial charge in [0.2, 0.25) is 5.84 Å². The molecule has 0 radical (unpaired) electrons. The van der Waals surface area contributed by atoms with E-state index in [0.717, 1.165) is 11.3 Å². The normalized spacial score (nSPS) is 9.42. The van der Waals surface area contributed by atoms with Gasteiger partial charge in [0.05, 0.1) is 13.5 Å². The van der Waals surface area contributed by atoms with Crippen molar-refractivity contribution in [1.82, 2.24) is 0 Å². The topological polar surface area (TPSA) is 60.8 Å². The maximum Gasteiger partial charge on any atom is 0.242 e. The third-order valence-corrected chi connectivity index (χ3v) is 1.54. The second kappa shape index (κ2) is 3.76. The molecule has 0 amide bonds. The zero-order chi connectivity index (χ0) is 8.97. The Morgan fingerprint density at radius 1 is 1.58 bits per heavy atom. The highest BCUT2D eigenvalue weighted by molar-refractivity contribution is 5.76. The van der Waals surface area contributed by atoms with Gasteiger partial charge in [0.15, 0.2) is 0 Å². The maximum atomic E-state index is 5.37. The van der Waals surface area contributed by atoms with Gasteiger partial charge in [-0.3, -0.25) is 11.1 Å². The summed E-state index contributed by atoms with van der Waals surface area (Å²) >= 11 is 0. The lowest BCUT2D eigenvalue weighted by Gasteiger charge is -2.00. The van der Waals surface area contributed by atoms with E-state index in [2.05, 4.69) is 0 Å². The molecule has 0 fully saturated rings. The van der Waals surface area contributed by atoms with Gasteiger partial charge in [-0.05, 0) is 17.7 Å². The monoisotopic (exact) mass is 165 g/mol. The highest BCUT2D eigenvalue weighted by Crippen LogP contribution is 2.12. The van der Waals surface area contributed by atoms with Crippen LogP contribution in [0.1, 0.15) is 5.56 Å². The average molecular weight is 165 g/mol. The van der Waals surface area contributed by atoms with Crippen molar-refractivity contribution in [2.75, 3.05) is 7.11 Å². The number of amidine groups is 1. The van der Waals surface area contributed by atoms with Gasteiger partial charge >= 0.3 is 0 Å². The molecule has 0 heterocycles. The number of rotatable bonds is 3. The van der Waals surface area contributed by atoms with Gasteiger partial charge < -0.3 is 4.74 Å². The summed E-state index contributed by atoms with van der Waals surface area (Å²) < 4.78 is 5.05. The van der Waals surface area contributed by atoms with Crippen LogP contribution in [0.15, 0.2) is 24.3 Å². The molecule has 1 aromatic rings. The third-order valence-electron chi connectivity index (χ3n) is 1.54. The maximum absolute atomic E-state index is 5.37. The van der Waals surface area contributed by atoms with E-state index in [1.807, 2.05) is 24.3 Å². The third kappa shape index (κ3) is 2.27. The molecule has 0 saturated carbocycles.